The molecule has 0 fully saturated rings. The van der Waals surface area contributed by atoms with Gasteiger partial charge in [-0.1, -0.05) is 60.7 Å². The Balaban J connectivity index is 0.000000282. The molecule has 18 heteroatoms. The Morgan fingerprint density at radius 1 is 0.548 bits per heavy atom. The number of nitrogens with zero attached hydrogens (tertiary/aromatic N) is 5. The monoisotopic (exact) mass is 1050 g/mol. The SMILES string of the molecule is COc1ccc(-c2cccc(C(=O)N(C)C)c2)cc1S(=O)(=O)Cc1cccc(N)c1.COc1ccc(-c2cccc(C(=O)N(C)C)c2)cc1S(=O)(=O)Cc1cccc(N=Nc2ccc(N(C)C)cc2CO)c1.Cl. The first-order valence-corrected chi connectivity index (χ1v) is 25.8. The van der Waals surface area contributed by atoms with Gasteiger partial charge in [0, 0.05) is 70.4 Å². The molecule has 15 nitrogen and oxygen atoms in total. The number of hydrogen-bond acceptors (Lipinski definition) is 13. The summed E-state index contributed by atoms with van der Waals surface area (Å²) in [5, 5.41) is 18.4. The van der Waals surface area contributed by atoms with E-state index in [0.29, 0.717) is 61.6 Å². The van der Waals surface area contributed by atoms with E-state index in [1.54, 1.807) is 156 Å². The van der Waals surface area contributed by atoms with Gasteiger partial charge in [-0.05, 0) is 124 Å². The van der Waals surface area contributed by atoms with Gasteiger partial charge >= 0.3 is 0 Å². The smallest absolute Gasteiger partial charge is 0.253 e. The summed E-state index contributed by atoms with van der Waals surface area (Å²) in [4.78, 5) is 29.8. The molecule has 0 spiro atoms. The first kappa shape index (κ1) is 56.3. The summed E-state index contributed by atoms with van der Waals surface area (Å²) >= 11 is 0. The van der Waals surface area contributed by atoms with Crippen LogP contribution in [0.25, 0.3) is 22.3 Å². The minimum absolute atomic E-state index is 0. The third-order valence-corrected chi connectivity index (χ3v) is 14.7. The molecule has 0 saturated heterocycles. The number of anilines is 2. The highest BCUT2D eigenvalue weighted by Gasteiger charge is 2.24. The summed E-state index contributed by atoms with van der Waals surface area (Å²) in [6.07, 6.45) is 0. The van der Waals surface area contributed by atoms with Crippen molar-refractivity contribution in [3.8, 4) is 33.8 Å². The van der Waals surface area contributed by atoms with Crippen LogP contribution in [-0.4, -0.2) is 100 Å². The predicted molar refractivity (Wildman–Crippen MR) is 290 cm³/mol. The highest BCUT2D eigenvalue weighted by atomic mass is 35.5. The van der Waals surface area contributed by atoms with Crippen LogP contribution in [0.3, 0.4) is 0 Å². The summed E-state index contributed by atoms with van der Waals surface area (Å²) in [7, 11) is 5.87. The van der Waals surface area contributed by atoms with Gasteiger partial charge in [-0.25, -0.2) is 16.8 Å². The molecule has 0 radical (unpaired) electrons. The minimum atomic E-state index is -3.84. The summed E-state index contributed by atoms with van der Waals surface area (Å²) in [6, 6.07) is 43.2. The molecule has 3 N–H and O–H groups in total. The average Bonchev–Trinajstić information content (AvgIpc) is 3.37. The second kappa shape index (κ2) is 24.7. The maximum Gasteiger partial charge on any atom is 0.253 e. The van der Waals surface area contributed by atoms with Crippen LogP contribution < -0.4 is 20.1 Å². The van der Waals surface area contributed by atoms with E-state index in [4.69, 9.17) is 15.2 Å². The average molecular weight is 1050 g/mol. The van der Waals surface area contributed by atoms with Gasteiger partial charge in [0.1, 0.15) is 21.3 Å². The van der Waals surface area contributed by atoms with Gasteiger partial charge in [-0.3, -0.25) is 9.59 Å². The van der Waals surface area contributed by atoms with Gasteiger partial charge in [0.2, 0.25) is 0 Å². The van der Waals surface area contributed by atoms with Crippen molar-refractivity contribution in [1.82, 2.24) is 9.80 Å². The van der Waals surface area contributed by atoms with Crippen molar-refractivity contribution in [2.24, 2.45) is 10.2 Å². The van der Waals surface area contributed by atoms with E-state index in [1.165, 1.54) is 24.0 Å². The Morgan fingerprint density at radius 2 is 1.01 bits per heavy atom. The van der Waals surface area contributed by atoms with Gasteiger partial charge in [0.25, 0.3) is 11.8 Å². The third kappa shape index (κ3) is 14.3. The Morgan fingerprint density at radius 3 is 1.47 bits per heavy atom. The van der Waals surface area contributed by atoms with Crippen LogP contribution in [0.5, 0.6) is 11.5 Å². The second-order valence-electron chi connectivity index (χ2n) is 17.3. The van der Waals surface area contributed by atoms with Crippen molar-refractivity contribution >= 4 is 66.6 Å². The molecule has 7 rings (SSSR count). The van der Waals surface area contributed by atoms with Gasteiger partial charge < -0.3 is 35.0 Å². The number of methoxy groups -OCH3 is 2. The lowest BCUT2D eigenvalue weighted by atomic mass is 10.0. The van der Waals surface area contributed by atoms with E-state index in [0.717, 1.165) is 11.3 Å². The van der Waals surface area contributed by atoms with Crippen LogP contribution >= 0.6 is 12.4 Å². The highest BCUT2D eigenvalue weighted by molar-refractivity contribution is 7.91. The van der Waals surface area contributed by atoms with Crippen molar-refractivity contribution in [2.45, 2.75) is 27.9 Å². The van der Waals surface area contributed by atoms with Crippen LogP contribution in [-0.2, 0) is 37.8 Å². The quantitative estimate of drug-likeness (QED) is 0.0689. The molecule has 7 aromatic carbocycles. The molecule has 0 atom stereocenters. The number of ether oxygens (including phenoxy) is 2. The molecule has 2 amide bonds. The fourth-order valence-electron chi connectivity index (χ4n) is 7.55. The van der Waals surface area contributed by atoms with E-state index in [-0.39, 0.29) is 63.6 Å². The molecule has 73 heavy (non-hydrogen) atoms. The number of halogens is 1. The minimum Gasteiger partial charge on any atom is -0.495 e. The number of aliphatic hydroxyl groups excluding tert-OH is 1. The molecule has 0 heterocycles. The van der Waals surface area contributed by atoms with E-state index in [1.807, 2.05) is 43.3 Å². The Hall–Kier alpha value is -7.57. The number of sulfone groups is 2. The zero-order chi connectivity index (χ0) is 52.3. The summed E-state index contributed by atoms with van der Waals surface area (Å²) < 4.78 is 64.4. The molecule has 0 aliphatic carbocycles. The molecular weight excluding hydrogens is 988 g/mol. The Bertz CT molecular complexity index is 3370. The van der Waals surface area contributed by atoms with Gasteiger partial charge in [-0.2, -0.15) is 10.2 Å². The lowest BCUT2D eigenvalue weighted by molar-refractivity contribution is 0.0820. The van der Waals surface area contributed by atoms with Crippen molar-refractivity contribution in [3.63, 3.8) is 0 Å². The second-order valence-corrected chi connectivity index (χ2v) is 21.2. The van der Waals surface area contributed by atoms with E-state index < -0.39 is 19.7 Å². The zero-order valence-corrected chi connectivity index (χ0v) is 44.3. The first-order chi connectivity index (χ1) is 34.2. The highest BCUT2D eigenvalue weighted by Crippen LogP contribution is 2.35. The normalized spacial score (nSPS) is 11.2. The largest absolute Gasteiger partial charge is 0.495 e. The maximum absolute atomic E-state index is 13.7. The summed E-state index contributed by atoms with van der Waals surface area (Å²) in [6.45, 7) is -0.189. The van der Waals surface area contributed by atoms with Crippen molar-refractivity contribution in [2.75, 3.05) is 67.1 Å². The van der Waals surface area contributed by atoms with E-state index >= 15 is 0 Å². The van der Waals surface area contributed by atoms with Crippen LogP contribution in [0.2, 0.25) is 0 Å². The van der Waals surface area contributed by atoms with Crippen molar-refractivity contribution in [3.05, 3.63) is 179 Å². The number of amides is 2. The van der Waals surface area contributed by atoms with Gasteiger partial charge in [0.05, 0.1) is 43.7 Å². The Kier molecular flexibility index (Phi) is 19.1. The molecule has 382 valence electrons. The fraction of sp³-hybridized carbons (Fsp3) is 0.200. The number of hydrogen-bond donors (Lipinski definition) is 2. The molecule has 0 unspecified atom stereocenters. The van der Waals surface area contributed by atoms with Crippen molar-refractivity contribution in [1.29, 1.82) is 0 Å². The molecule has 0 aliphatic rings. The lowest BCUT2D eigenvalue weighted by Gasteiger charge is -2.14. The first-order valence-electron chi connectivity index (χ1n) is 22.5. The van der Waals surface area contributed by atoms with Crippen LogP contribution in [0.1, 0.15) is 37.4 Å². The number of nitrogen functional groups attached to an aromatic ring is 1. The number of benzene rings is 7. The molecule has 0 bridgehead atoms. The van der Waals surface area contributed by atoms with Gasteiger partial charge in [-0.15, -0.1) is 12.4 Å². The standard InChI is InChI=1S/C32H34N4O5S.C23H24N2O4S.ClH/c1-35(2)28-13-14-29(26(18-28)20-37)34-33-27-11-6-8-22(16-27)21-42(39,40)31-19-24(12-15-30(31)41-5)23-9-7-10-25(17-23)32(38)36(3)4;1-25(2)23(26)19-8-5-7-17(13-19)18-10-11-21(29-3)22(14-18)30(27,28)15-16-6-4-9-20(24)12-16;/h6-19,37H,20-21H2,1-5H3;4-14H,15,24H2,1-3H3;1H. The number of aliphatic hydroxyl groups is 1. The van der Waals surface area contributed by atoms with Crippen LogP contribution in [0.15, 0.2) is 172 Å². The van der Waals surface area contributed by atoms with Crippen LogP contribution in [0, 0.1) is 0 Å². The lowest BCUT2D eigenvalue weighted by Crippen LogP contribution is -2.21. The van der Waals surface area contributed by atoms with Crippen LogP contribution in [0.4, 0.5) is 22.7 Å². The number of nitrogens with two attached hydrogens (primary N) is 1. The number of carbonyl (C=O) groups excluding carboxylic acids is 2. The third-order valence-electron chi connectivity index (χ3n) is 11.3. The number of rotatable bonds is 16. The van der Waals surface area contributed by atoms with Gasteiger partial charge in [0.15, 0.2) is 19.7 Å². The van der Waals surface area contributed by atoms with E-state index in [2.05, 4.69) is 10.2 Å². The summed E-state index contributed by atoms with van der Waals surface area (Å²) in [5.41, 5.74) is 13.8. The molecular formula is C55H59ClN6O9S2. The van der Waals surface area contributed by atoms with Crippen molar-refractivity contribution < 1.29 is 41.0 Å². The topological polar surface area (TPSA) is 202 Å². The number of azo groups is 1. The molecule has 7 aromatic rings. The van der Waals surface area contributed by atoms with E-state index in [9.17, 15) is 31.5 Å². The maximum atomic E-state index is 13.7. The Labute approximate surface area is 433 Å². The fourth-order valence-corrected chi connectivity index (χ4v) is 10.6. The molecule has 0 saturated carbocycles. The zero-order valence-electron chi connectivity index (χ0n) is 41.8. The predicted octanol–water partition coefficient (Wildman–Crippen LogP) is 10.1. The number of carbonyl (C=O) groups is 2. The summed E-state index contributed by atoms with van der Waals surface area (Å²) in [5.74, 6) is -0.254. The molecule has 0 aliphatic heterocycles. The molecule has 0 aromatic heterocycles.